The Morgan fingerprint density at radius 1 is 1.18 bits per heavy atom. The molecule has 1 saturated carbocycles. The Kier molecular flexibility index (Phi) is 3.74. The summed E-state index contributed by atoms with van der Waals surface area (Å²) >= 11 is 0. The van der Waals surface area contributed by atoms with E-state index in [1.807, 2.05) is 11.5 Å². The Balaban J connectivity index is 1.54. The van der Waals surface area contributed by atoms with Crippen LogP contribution in [-0.2, 0) is 10.0 Å². The molecule has 1 saturated heterocycles. The summed E-state index contributed by atoms with van der Waals surface area (Å²) in [5, 5.41) is 9.83. The van der Waals surface area contributed by atoms with Gasteiger partial charge in [0, 0.05) is 18.6 Å². The largest absolute Gasteiger partial charge is 0.396 e. The van der Waals surface area contributed by atoms with Gasteiger partial charge in [0.1, 0.15) is 11.8 Å². The Bertz CT molecular complexity index is 1160. The molecular weight excluding hydrogens is 380 g/mol. The van der Waals surface area contributed by atoms with E-state index in [-0.39, 0.29) is 41.4 Å². The molecule has 1 aromatic carbocycles. The van der Waals surface area contributed by atoms with Crippen molar-refractivity contribution >= 4 is 27.0 Å². The smallest absolute Gasteiger partial charge is 0.243 e. The molecule has 5 atom stereocenters. The maximum atomic E-state index is 13.2. The van der Waals surface area contributed by atoms with Crippen LogP contribution in [0.1, 0.15) is 18.0 Å². The number of aromatic nitrogens is 4. The van der Waals surface area contributed by atoms with Crippen molar-refractivity contribution in [1.82, 2.24) is 23.8 Å². The number of nitrogens with two attached hydrogens (primary N) is 1. The maximum absolute atomic E-state index is 13.2. The maximum Gasteiger partial charge on any atom is 0.243 e. The van der Waals surface area contributed by atoms with E-state index in [4.69, 9.17) is 5.73 Å². The standard InChI is InChI=1S/C18H20N6O3S/c1-10-2-4-12(5-3-10)28(26,27)24-15-11(7-25)6-13(16(15)24)23-9-22-14-17(19)20-8-21-18(14)23/h2-5,8-9,11,13,15-16,25H,6-7H2,1H3,(H2,19,20,21)/t11-,13-,15-,16+,24?/m0/s1. The lowest BCUT2D eigenvalue weighted by atomic mass is 10.1. The molecule has 3 aromatic rings. The van der Waals surface area contributed by atoms with Crippen LogP contribution >= 0.6 is 0 Å². The summed E-state index contributed by atoms with van der Waals surface area (Å²) in [6, 6.07) is 6.20. The first-order valence-electron chi connectivity index (χ1n) is 9.07. The number of aliphatic hydroxyl groups excluding tert-OH is 1. The van der Waals surface area contributed by atoms with Crippen molar-refractivity contribution in [2.24, 2.45) is 5.92 Å². The molecule has 0 bridgehead atoms. The van der Waals surface area contributed by atoms with Gasteiger partial charge in [0.25, 0.3) is 0 Å². The number of nitrogen functional groups attached to an aromatic ring is 1. The Morgan fingerprint density at radius 2 is 1.93 bits per heavy atom. The van der Waals surface area contributed by atoms with Gasteiger partial charge in [0.2, 0.25) is 10.0 Å². The summed E-state index contributed by atoms with van der Waals surface area (Å²) in [5.74, 6) is 0.156. The van der Waals surface area contributed by atoms with Crippen LogP contribution in [0.4, 0.5) is 5.82 Å². The predicted molar refractivity (Wildman–Crippen MR) is 102 cm³/mol. The monoisotopic (exact) mass is 400 g/mol. The Morgan fingerprint density at radius 3 is 2.64 bits per heavy atom. The molecule has 146 valence electrons. The van der Waals surface area contributed by atoms with Crippen molar-refractivity contribution in [2.75, 3.05) is 12.3 Å². The van der Waals surface area contributed by atoms with Crippen LogP contribution in [0, 0.1) is 12.8 Å². The Labute approximate surface area is 161 Å². The van der Waals surface area contributed by atoms with Gasteiger partial charge in [0.05, 0.1) is 23.3 Å². The number of nitrogens with zero attached hydrogens (tertiary/aromatic N) is 5. The van der Waals surface area contributed by atoms with E-state index in [9.17, 15) is 13.5 Å². The summed E-state index contributed by atoms with van der Waals surface area (Å²) in [7, 11) is -3.64. The highest BCUT2D eigenvalue weighted by molar-refractivity contribution is 7.89. The van der Waals surface area contributed by atoms with Crippen molar-refractivity contribution in [2.45, 2.75) is 36.4 Å². The van der Waals surface area contributed by atoms with E-state index in [1.165, 1.54) is 10.6 Å². The molecular formula is C18H20N6O3S. The van der Waals surface area contributed by atoms with Crippen molar-refractivity contribution in [1.29, 1.82) is 0 Å². The minimum atomic E-state index is -3.64. The highest BCUT2D eigenvalue weighted by Crippen LogP contribution is 2.55. The molecule has 2 aromatic heterocycles. The summed E-state index contributed by atoms with van der Waals surface area (Å²) in [6.07, 6.45) is 3.66. The van der Waals surface area contributed by atoms with Gasteiger partial charge >= 0.3 is 0 Å². The van der Waals surface area contributed by atoms with Gasteiger partial charge in [-0.15, -0.1) is 0 Å². The Hall–Kier alpha value is -2.56. The molecule has 5 rings (SSSR count). The van der Waals surface area contributed by atoms with Crippen molar-refractivity contribution < 1.29 is 13.5 Å². The minimum absolute atomic E-state index is 0.0681. The molecule has 1 unspecified atom stereocenters. The number of aliphatic hydroxyl groups is 1. The summed E-state index contributed by atoms with van der Waals surface area (Å²) < 4.78 is 29.8. The molecule has 0 radical (unpaired) electrons. The number of hydrogen-bond donors (Lipinski definition) is 2. The van der Waals surface area contributed by atoms with Gasteiger partial charge in [0.15, 0.2) is 11.5 Å². The lowest BCUT2D eigenvalue weighted by Crippen LogP contribution is -2.27. The van der Waals surface area contributed by atoms with E-state index >= 15 is 0 Å². The molecule has 3 heterocycles. The zero-order valence-corrected chi connectivity index (χ0v) is 16.0. The number of piperidine rings is 1. The SMILES string of the molecule is Cc1ccc(S(=O)(=O)N2[C@H]3[C@H](CO)C[C@H](n4cnc5c(N)ncnc54)[C@H]32)cc1. The molecule has 28 heavy (non-hydrogen) atoms. The minimum Gasteiger partial charge on any atom is -0.396 e. The van der Waals surface area contributed by atoms with E-state index in [1.54, 1.807) is 30.6 Å². The zero-order valence-electron chi connectivity index (χ0n) is 15.2. The summed E-state index contributed by atoms with van der Waals surface area (Å²) in [5.41, 5.74) is 7.95. The van der Waals surface area contributed by atoms with Crippen molar-refractivity contribution in [3.63, 3.8) is 0 Å². The molecule has 10 heteroatoms. The molecule has 2 aliphatic rings. The number of imidazole rings is 1. The normalized spacial score (nSPS) is 29.1. The highest BCUT2D eigenvalue weighted by Gasteiger charge is 2.66. The fourth-order valence-electron chi connectivity index (χ4n) is 4.45. The van der Waals surface area contributed by atoms with E-state index in [0.29, 0.717) is 17.6 Å². The average Bonchev–Trinajstić information content (AvgIpc) is 3.09. The second-order valence-corrected chi connectivity index (χ2v) is 9.30. The molecule has 0 spiro atoms. The molecule has 1 aliphatic carbocycles. The van der Waals surface area contributed by atoms with Crippen LogP contribution in [-0.4, -0.2) is 56.0 Å². The van der Waals surface area contributed by atoms with Gasteiger partial charge < -0.3 is 15.4 Å². The number of sulfonamides is 1. The van der Waals surface area contributed by atoms with Crippen LogP contribution in [0.2, 0.25) is 0 Å². The van der Waals surface area contributed by atoms with Crippen LogP contribution in [0.5, 0.6) is 0 Å². The van der Waals surface area contributed by atoms with Crippen molar-refractivity contribution in [3.05, 3.63) is 42.5 Å². The summed E-state index contributed by atoms with van der Waals surface area (Å²) in [4.78, 5) is 12.8. The average molecular weight is 400 g/mol. The van der Waals surface area contributed by atoms with Crippen LogP contribution in [0.15, 0.2) is 41.8 Å². The number of benzene rings is 1. The van der Waals surface area contributed by atoms with Gasteiger partial charge in [-0.2, -0.15) is 4.31 Å². The van der Waals surface area contributed by atoms with Crippen LogP contribution < -0.4 is 5.73 Å². The lowest BCUT2D eigenvalue weighted by Gasteiger charge is -2.21. The third kappa shape index (κ3) is 2.38. The van der Waals surface area contributed by atoms with E-state index < -0.39 is 10.0 Å². The first kappa shape index (κ1) is 17.5. The number of anilines is 1. The summed E-state index contributed by atoms with van der Waals surface area (Å²) in [6.45, 7) is 1.85. The number of hydrogen-bond acceptors (Lipinski definition) is 7. The third-order valence-corrected chi connectivity index (χ3v) is 7.75. The van der Waals surface area contributed by atoms with Crippen LogP contribution in [0.3, 0.4) is 0 Å². The molecule has 2 fully saturated rings. The topological polar surface area (TPSA) is 127 Å². The van der Waals surface area contributed by atoms with E-state index in [2.05, 4.69) is 15.0 Å². The lowest BCUT2D eigenvalue weighted by molar-refractivity contribution is 0.206. The zero-order chi connectivity index (χ0) is 19.6. The molecule has 1 aliphatic heterocycles. The number of rotatable bonds is 4. The molecule has 3 N–H and O–H groups in total. The second-order valence-electron chi connectivity index (χ2n) is 7.46. The highest BCUT2D eigenvalue weighted by atomic mass is 32.2. The quantitative estimate of drug-likeness (QED) is 0.618. The molecule has 0 amide bonds. The van der Waals surface area contributed by atoms with Gasteiger partial charge in [-0.3, -0.25) is 0 Å². The van der Waals surface area contributed by atoms with E-state index in [0.717, 1.165) is 5.56 Å². The van der Waals surface area contributed by atoms with Crippen molar-refractivity contribution in [3.8, 4) is 0 Å². The third-order valence-electron chi connectivity index (χ3n) is 5.84. The van der Waals surface area contributed by atoms with Crippen LogP contribution in [0.25, 0.3) is 11.2 Å². The van der Waals surface area contributed by atoms with Gasteiger partial charge in [-0.1, -0.05) is 17.7 Å². The predicted octanol–water partition coefficient (Wildman–Crippen LogP) is 0.712. The second kappa shape index (κ2) is 5.97. The number of fused-ring (bicyclic) bond motifs is 2. The van der Waals surface area contributed by atoms with Gasteiger partial charge in [-0.05, 0) is 25.5 Å². The first-order chi connectivity index (χ1) is 13.4. The number of aryl methyl sites for hydroxylation is 1. The fraction of sp³-hybridized carbons (Fsp3) is 0.389. The first-order valence-corrected chi connectivity index (χ1v) is 10.5. The fourth-order valence-corrected chi connectivity index (χ4v) is 6.32. The van der Waals surface area contributed by atoms with Gasteiger partial charge in [-0.25, -0.2) is 23.4 Å². The molecule has 9 nitrogen and oxygen atoms in total.